The van der Waals surface area contributed by atoms with Crippen molar-refractivity contribution in [3.63, 3.8) is 0 Å². The van der Waals surface area contributed by atoms with E-state index in [1.54, 1.807) is 29.2 Å². The lowest BCUT2D eigenvalue weighted by atomic mass is 9.83. The number of ketones is 1. The molecule has 2 unspecified atom stereocenters. The number of nitrogens with zero attached hydrogens (tertiary/aromatic N) is 2. The molecule has 0 saturated carbocycles. The number of carbonyl (C=O) groups excluding carboxylic acids is 1. The van der Waals surface area contributed by atoms with Crippen LogP contribution in [-0.2, 0) is 16.5 Å². The normalized spacial score (nSPS) is 21.4. The highest BCUT2D eigenvalue weighted by molar-refractivity contribution is 6.00. The van der Waals surface area contributed by atoms with Crippen LogP contribution in [0.4, 0.5) is 17.6 Å². The SMILES string of the molecule is O=C(c1ccccc1)C(CC(F)N1CCC(O)(c2cccc(C(F)(F)F)c2)CC1)N1CCOCC1. The van der Waals surface area contributed by atoms with Gasteiger partial charge in [0.2, 0.25) is 0 Å². The van der Waals surface area contributed by atoms with E-state index in [1.807, 2.05) is 11.0 Å². The molecule has 0 aromatic heterocycles. The first-order chi connectivity index (χ1) is 16.7. The van der Waals surface area contributed by atoms with Gasteiger partial charge in [0.15, 0.2) is 12.1 Å². The summed E-state index contributed by atoms with van der Waals surface area (Å²) in [6, 6.07) is 12.8. The molecule has 9 heteroatoms. The van der Waals surface area contributed by atoms with Gasteiger partial charge in [-0.3, -0.25) is 14.6 Å². The van der Waals surface area contributed by atoms with E-state index >= 15 is 4.39 Å². The molecule has 2 heterocycles. The maximum absolute atomic E-state index is 15.5. The number of ether oxygens (including phenoxy) is 1. The topological polar surface area (TPSA) is 53.0 Å². The van der Waals surface area contributed by atoms with E-state index in [2.05, 4.69) is 0 Å². The van der Waals surface area contributed by atoms with Gasteiger partial charge < -0.3 is 9.84 Å². The predicted molar refractivity (Wildman–Crippen MR) is 123 cm³/mol. The quantitative estimate of drug-likeness (QED) is 0.354. The van der Waals surface area contributed by atoms with Crippen LogP contribution in [0.15, 0.2) is 54.6 Å². The summed E-state index contributed by atoms with van der Waals surface area (Å²) in [7, 11) is 0. The minimum Gasteiger partial charge on any atom is -0.385 e. The van der Waals surface area contributed by atoms with Gasteiger partial charge in [-0.05, 0) is 30.5 Å². The number of morpholine rings is 1. The van der Waals surface area contributed by atoms with Gasteiger partial charge in [-0.15, -0.1) is 0 Å². The van der Waals surface area contributed by atoms with Gasteiger partial charge in [0, 0.05) is 38.2 Å². The van der Waals surface area contributed by atoms with Crippen LogP contribution in [0.5, 0.6) is 0 Å². The van der Waals surface area contributed by atoms with Crippen molar-refractivity contribution in [3.8, 4) is 0 Å². The zero-order valence-electron chi connectivity index (χ0n) is 19.4. The van der Waals surface area contributed by atoms with Gasteiger partial charge >= 0.3 is 6.18 Å². The number of piperidine rings is 1. The number of halogens is 4. The molecule has 2 fully saturated rings. The van der Waals surface area contributed by atoms with Gasteiger partial charge in [0.25, 0.3) is 0 Å². The molecule has 0 aliphatic carbocycles. The minimum atomic E-state index is -4.50. The van der Waals surface area contributed by atoms with Crippen LogP contribution in [0.1, 0.15) is 40.7 Å². The second-order valence-electron chi connectivity index (χ2n) is 9.21. The first-order valence-corrected chi connectivity index (χ1v) is 11.9. The summed E-state index contributed by atoms with van der Waals surface area (Å²) in [5.41, 5.74) is -1.57. The Morgan fingerprint density at radius 2 is 1.63 bits per heavy atom. The van der Waals surface area contributed by atoms with Crippen LogP contribution < -0.4 is 0 Å². The average molecular weight is 495 g/mol. The number of Topliss-reactive ketones (excluding diaryl/α,β-unsaturated/α-hetero) is 1. The van der Waals surface area contributed by atoms with Crippen molar-refractivity contribution in [1.29, 1.82) is 0 Å². The van der Waals surface area contributed by atoms with Crippen LogP contribution in [0.25, 0.3) is 0 Å². The van der Waals surface area contributed by atoms with Crippen LogP contribution in [0, 0.1) is 0 Å². The van der Waals surface area contributed by atoms with E-state index in [0.717, 1.165) is 12.1 Å². The Morgan fingerprint density at radius 1 is 0.971 bits per heavy atom. The number of carbonyl (C=O) groups is 1. The molecule has 0 spiro atoms. The van der Waals surface area contributed by atoms with Crippen molar-refractivity contribution in [1.82, 2.24) is 9.80 Å². The summed E-state index contributed by atoms with van der Waals surface area (Å²) >= 11 is 0. The molecule has 0 bridgehead atoms. The first kappa shape index (κ1) is 25.8. The lowest BCUT2D eigenvalue weighted by Gasteiger charge is -2.41. The highest BCUT2D eigenvalue weighted by atomic mass is 19.4. The zero-order valence-corrected chi connectivity index (χ0v) is 19.4. The van der Waals surface area contributed by atoms with E-state index in [9.17, 15) is 23.1 Å². The Hall–Kier alpha value is -2.33. The highest BCUT2D eigenvalue weighted by Gasteiger charge is 2.40. The summed E-state index contributed by atoms with van der Waals surface area (Å²) in [6.07, 6.45) is -5.76. The van der Waals surface area contributed by atoms with Crippen molar-refractivity contribution >= 4 is 5.78 Å². The van der Waals surface area contributed by atoms with Crippen molar-refractivity contribution in [3.05, 3.63) is 71.3 Å². The lowest BCUT2D eigenvalue weighted by Crippen LogP contribution is -2.52. The first-order valence-electron chi connectivity index (χ1n) is 11.9. The third-order valence-corrected chi connectivity index (χ3v) is 7.01. The Kier molecular flexibility index (Phi) is 7.90. The summed E-state index contributed by atoms with van der Waals surface area (Å²) in [5.74, 6) is -0.146. The standard InChI is InChI=1S/C26H30F4N2O3/c27-23(18-22(31-13-15-35-16-14-31)24(33)19-5-2-1-3-6-19)32-11-9-25(34,10-12-32)20-7-4-8-21(17-20)26(28,29)30/h1-8,17,22-23,34H,9-16,18H2. The molecule has 2 aromatic carbocycles. The molecule has 35 heavy (non-hydrogen) atoms. The highest BCUT2D eigenvalue weighted by Crippen LogP contribution is 2.37. The molecule has 2 atom stereocenters. The summed E-state index contributed by atoms with van der Waals surface area (Å²) in [4.78, 5) is 16.8. The molecule has 1 N–H and O–H groups in total. The van der Waals surface area contributed by atoms with Gasteiger partial charge in [0.1, 0.15) is 0 Å². The predicted octanol–water partition coefficient (Wildman–Crippen LogP) is 4.26. The number of alkyl halides is 4. The molecule has 0 radical (unpaired) electrons. The van der Waals surface area contributed by atoms with E-state index < -0.39 is 29.7 Å². The molecule has 2 saturated heterocycles. The average Bonchev–Trinajstić information content (AvgIpc) is 2.88. The second kappa shape index (κ2) is 10.7. The van der Waals surface area contributed by atoms with Crippen LogP contribution in [0.2, 0.25) is 0 Å². The molecule has 190 valence electrons. The Bertz CT molecular complexity index is 988. The van der Waals surface area contributed by atoms with Gasteiger partial charge in [-0.25, -0.2) is 4.39 Å². The smallest absolute Gasteiger partial charge is 0.385 e. The maximum Gasteiger partial charge on any atom is 0.416 e. The molecule has 2 aromatic rings. The number of aliphatic hydroxyl groups is 1. The van der Waals surface area contributed by atoms with Crippen LogP contribution in [-0.4, -0.2) is 72.4 Å². The molecule has 0 amide bonds. The summed E-state index contributed by atoms with van der Waals surface area (Å²) < 4.78 is 60.3. The van der Waals surface area contributed by atoms with Crippen LogP contribution >= 0.6 is 0 Å². The van der Waals surface area contributed by atoms with Gasteiger partial charge in [0.05, 0.1) is 30.4 Å². The molecule has 5 nitrogen and oxygen atoms in total. The molecule has 4 rings (SSSR count). The van der Waals surface area contributed by atoms with E-state index in [-0.39, 0.29) is 43.7 Å². The van der Waals surface area contributed by atoms with Gasteiger partial charge in [-0.1, -0.05) is 42.5 Å². The number of hydrogen-bond acceptors (Lipinski definition) is 5. The summed E-state index contributed by atoms with van der Waals surface area (Å²) in [6.45, 7) is 2.36. The van der Waals surface area contributed by atoms with Crippen LogP contribution in [0.3, 0.4) is 0 Å². The monoisotopic (exact) mass is 494 g/mol. The zero-order chi connectivity index (χ0) is 25.1. The summed E-state index contributed by atoms with van der Waals surface area (Å²) in [5, 5.41) is 11.1. The second-order valence-corrected chi connectivity index (χ2v) is 9.21. The van der Waals surface area contributed by atoms with E-state index in [1.165, 1.54) is 12.1 Å². The van der Waals surface area contributed by atoms with Crippen molar-refractivity contribution in [2.45, 2.75) is 43.4 Å². The number of benzene rings is 2. The third-order valence-electron chi connectivity index (χ3n) is 7.01. The Labute approximate surface area is 202 Å². The van der Waals surface area contributed by atoms with E-state index in [0.29, 0.717) is 31.9 Å². The van der Waals surface area contributed by atoms with Gasteiger partial charge in [-0.2, -0.15) is 13.2 Å². The Morgan fingerprint density at radius 3 is 2.26 bits per heavy atom. The van der Waals surface area contributed by atoms with Crippen molar-refractivity contribution in [2.24, 2.45) is 0 Å². The molecule has 2 aliphatic heterocycles. The van der Waals surface area contributed by atoms with E-state index in [4.69, 9.17) is 4.74 Å². The number of hydrogen-bond donors (Lipinski definition) is 1. The number of rotatable bonds is 7. The molecular weight excluding hydrogens is 464 g/mol. The lowest BCUT2D eigenvalue weighted by molar-refractivity contribution is -0.137. The fourth-order valence-electron chi connectivity index (χ4n) is 4.89. The third kappa shape index (κ3) is 6.09. The molecule has 2 aliphatic rings. The fourth-order valence-corrected chi connectivity index (χ4v) is 4.89. The largest absolute Gasteiger partial charge is 0.416 e. The Balaban J connectivity index is 1.43. The van der Waals surface area contributed by atoms with Crippen molar-refractivity contribution < 1.29 is 32.2 Å². The maximum atomic E-state index is 15.5. The number of likely N-dealkylation sites (tertiary alicyclic amines) is 1. The molecular formula is C26H30F4N2O3. The minimum absolute atomic E-state index is 0.0320. The fraction of sp³-hybridized carbons (Fsp3) is 0.500. The van der Waals surface area contributed by atoms with Crippen molar-refractivity contribution in [2.75, 3.05) is 39.4 Å².